The number of rotatable bonds is 3. The van der Waals surface area contributed by atoms with Crippen LogP contribution in [0, 0.1) is 11.3 Å². The van der Waals surface area contributed by atoms with Crippen LogP contribution in [-0.4, -0.2) is 18.3 Å². The minimum absolute atomic E-state index is 0.0504. The zero-order valence-electron chi connectivity index (χ0n) is 8.08. The maximum absolute atomic E-state index is 10.9. The molecule has 1 aliphatic heterocycles. The highest BCUT2D eigenvalue weighted by Gasteiger charge is 2.33. The van der Waals surface area contributed by atoms with Gasteiger partial charge in [0, 0.05) is 12.2 Å². The summed E-state index contributed by atoms with van der Waals surface area (Å²) < 4.78 is 5.05. The molecule has 0 aromatic heterocycles. The van der Waals surface area contributed by atoms with E-state index in [-0.39, 0.29) is 11.4 Å². The molecule has 1 unspecified atom stereocenters. The van der Waals surface area contributed by atoms with E-state index in [1.165, 1.54) is 0 Å². The van der Waals surface area contributed by atoms with Crippen LogP contribution in [0.5, 0.6) is 0 Å². The molecule has 0 aromatic carbocycles. The molecule has 1 rings (SSSR count). The molecule has 0 spiro atoms. The van der Waals surface area contributed by atoms with Gasteiger partial charge in [0.05, 0.1) is 6.61 Å². The van der Waals surface area contributed by atoms with Crippen LogP contribution in [0.3, 0.4) is 0 Å². The lowest BCUT2D eigenvalue weighted by Crippen LogP contribution is -2.34. The highest BCUT2D eigenvalue weighted by Crippen LogP contribution is 2.36. The number of carbonyl (C=O) groups is 1. The Bertz CT molecular complexity index is 182. The molecule has 13 heavy (non-hydrogen) atoms. The summed E-state index contributed by atoms with van der Waals surface area (Å²) in [4.78, 5) is 10.9. The summed E-state index contributed by atoms with van der Waals surface area (Å²) in [6.07, 6.45) is 1.53. The second-order valence-electron chi connectivity index (χ2n) is 4.18. The summed E-state index contributed by atoms with van der Waals surface area (Å²) in [6.45, 7) is 5.00. The number of hydrogen-bond donors (Lipinski definition) is 1. The van der Waals surface area contributed by atoms with Crippen molar-refractivity contribution >= 4 is 28.4 Å². The minimum Gasteiger partial charge on any atom is -0.465 e. The first-order chi connectivity index (χ1) is 6.06. The Morgan fingerprint density at radius 1 is 1.69 bits per heavy atom. The Hall–Kier alpha value is 0.170. The lowest BCUT2D eigenvalue weighted by atomic mass is 9.77. The van der Waals surface area contributed by atoms with Crippen molar-refractivity contribution in [3.63, 3.8) is 0 Å². The van der Waals surface area contributed by atoms with Gasteiger partial charge in [0.15, 0.2) is 0 Å². The van der Waals surface area contributed by atoms with E-state index in [0.717, 1.165) is 12.2 Å². The van der Waals surface area contributed by atoms with Crippen molar-refractivity contribution in [2.24, 2.45) is 11.3 Å². The van der Waals surface area contributed by atoms with Gasteiger partial charge in [0.25, 0.3) is 0 Å². The third-order valence-corrected chi connectivity index (χ3v) is 3.94. The number of cyclic esters (lactones) is 1. The Labute approximate surface area is 88.6 Å². The van der Waals surface area contributed by atoms with Crippen molar-refractivity contribution in [2.45, 2.75) is 26.7 Å². The van der Waals surface area contributed by atoms with Gasteiger partial charge in [-0.05, 0) is 17.8 Å². The Morgan fingerprint density at radius 3 is 2.85 bits per heavy atom. The SMILES string of the molecule is CC(C)(CSS)C1CCC(=O)OC1. The molecule has 0 aliphatic carbocycles. The van der Waals surface area contributed by atoms with E-state index in [1.54, 1.807) is 10.8 Å². The quantitative estimate of drug-likeness (QED) is 0.450. The lowest BCUT2D eigenvalue weighted by Gasteiger charge is -2.35. The van der Waals surface area contributed by atoms with Gasteiger partial charge < -0.3 is 4.74 Å². The maximum Gasteiger partial charge on any atom is 0.305 e. The number of esters is 1. The summed E-state index contributed by atoms with van der Waals surface area (Å²) in [6, 6.07) is 0. The van der Waals surface area contributed by atoms with Crippen LogP contribution in [0.25, 0.3) is 0 Å². The van der Waals surface area contributed by atoms with Gasteiger partial charge >= 0.3 is 5.97 Å². The standard InChI is InChI=1S/C9H16O2S2/c1-9(2,6-13-12)7-3-4-8(10)11-5-7/h7,12H,3-6H2,1-2H3. The van der Waals surface area contributed by atoms with E-state index in [4.69, 9.17) is 4.74 Å². The predicted molar refractivity (Wildman–Crippen MR) is 58.9 cm³/mol. The van der Waals surface area contributed by atoms with Crippen LogP contribution in [0.4, 0.5) is 0 Å². The average Bonchev–Trinajstić information content (AvgIpc) is 2.05. The molecule has 0 aromatic rings. The molecule has 76 valence electrons. The zero-order chi connectivity index (χ0) is 9.90. The maximum atomic E-state index is 10.9. The van der Waals surface area contributed by atoms with E-state index in [9.17, 15) is 4.79 Å². The second kappa shape index (κ2) is 4.60. The molecule has 1 aliphatic rings. The molecule has 0 bridgehead atoms. The highest BCUT2D eigenvalue weighted by atomic mass is 33.1. The van der Waals surface area contributed by atoms with Crippen molar-refractivity contribution in [3.05, 3.63) is 0 Å². The van der Waals surface area contributed by atoms with Gasteiger partial charge in [-0.15, -0.1) is 11.7 Å². The largest absolute Gasteiger partial charge is 0.465 e. The van der Waals surface area contributed by atoms with Crippen molar-refractivity contribution in [1.29, 1.82) is 0 Å². The molecular formula is C9H16O2S2. The monoisotopic (exact) mass is 220 g/mol. The van der Waals surface area contributed by atoms with Crippen molar-refractivity contribution < 1.29 is 9.53 Å². The summed E-state index contributed by atoms with van der Waals surface area (Å²) in [5, 5.41) is 0. The summed E-state index contributed by atoms with van der Waals surface area (Å²) in [5.41, 5.74) is 0.215. The first-order valence-electron chi connectivity index (χ1n) is 4.48. The molecule has 1 heterocycles. The molecule has 0 saturated carbocycles. The first-order valence-corrected chi connectivity index (χ1v) is 6.52. The van der Waals surface area contributed by atoms with E-state index in [1.807, 2.05) is 0 Å². The summed E-state index contributed by atoms with van der Waals surface area (Å²) in [7, 11) is 1.56. The summed E-state index contributed by atoms with van der Waals surface area (Å²) >= 11 is 4.16. The molecule has 2 nitrogen and oxygen atoms in total. The third-order valence-electron chi connectivity index (χ3n) is 2.68. The van der Waals surface area contributed by atoms with Crippen molar-refractivity contribution in [3.8, 4) is 0 Å². The molecule has 1 atom stereocenters. The summed E-state index contributed by atoms with van der Waals surface area (Å²) in [5.74, 6) is 1.44. The topological polar surface area (TPSA) is 26.3 Å². The van der Waals surface area contributed by atoms with E-state index in [2.05, 4.69) is 25.5 Å². The van der Waals surface area contributed by atoms with Gasteiger partial charge in [-0.25, -0.2) is 0 Å². The van der Waals surface area contributed by atoms with Crippen molar-refractivity contribution in [1.82, 2.24) is 0 Å². The van der Waals surface area contributed by atoms with Gasteiger partial charge in [0.2, 0.25) is 0 Å². The second-order valence-corrected chi connectivity index (χ2v) is 5.50. The minimum atomic E-state index is -0.0504. The molecule has 0 radical (unpaired) electrons. The predicted octanol–water partition coefficient (Wildman–Crippen LogP) is 2.54. The molecule has 1 fully saturated rings. The molecule has 0 amide bonds. The lowest BCUT2D eigenvalue weighted by molar-refractivity contribution is -0.151. The fraction of sp³-hybridized carbons (Fsp3) is 0.889. The van der Waals surface area contributed by atoms with Gasteiger partial charge in [-0.2, -0.15) is 0 Å². The molecule has 1 saturated heterocycles. The molecule has 4 heteroatoms. The van der Waals surface area contributed by atoms with Crippen LogP contribution in [-0.2, 0) is 9.53 Å². The van der Waals surface area contributed by atoms with Gasteiger partial charge in [-0.3, -0.25) is 4.79 Å². The Balaban J connectivity index is 2.47. The number of hydrogen-bond acceptors (Lipinski definition) is 4. The third kappa shape index (κ3) is 3.09. The molecule has 0 N–H and O–H groups in total. The number of carbonyl (C=O) groups excluding carboxylic acids is 1. The van der Waals surface area contributed by atoms with E-state index >= 15 is 0 Å². The zero-order valence-corrected chi connectivity index (χ0v) is 9.79. The normalized spacial score (nSPS) is 24.2. The van der Waals surface area contributed by atoms with E-state index in [0.29, 0.717) is 18.9 Å². The number of ether oxygens (including phenoxy) is 1. The first kappa shape index (κ1) is 11.2. The Kier molecular flexibility index (Phi) is 3.98. The molecular weight excluding hydrogens is 204 g/mol. The fourth-order valence-electron chi connectivity index (χ4n) is 1.54. The number of thiol groups is 1. The van der Waals surface area contributed by atoms with Crippen LogP contribution >= 0.6 is 22.5 Å². The smallest absolute Gasteiger partial charge is 0.305 e. The fourth-order valence-corrected chi connectivity index (χ4v) is 3.11. The van der Waals surface area contributed by atoms with Crippen LogP contribution in [0.15, 0.2) is 0 Å². The highest BCUT2D eigenvalue weighted by molar-refractivity contribution is 8.68. The van der Waals surface area contributed by atoms with Gasteiger partial charge in [0.1, 0.15) is 0 Å². The average molecular weight is 220 g/mol. The van der Waals surface area contributed by atoms with Crippen molar-refractivity contribution in [2.75, 3.05) is 12.4 Å². The Morgan fingerprint density at radius 2 is 2.38 bits per heavy atom. The van der Waals surface area contributed by atoms with Crippen LogP contribution in [0.1, 0.15) is 26.7 Å². The van der Waals surface area contributed by atoms with E-state index < -0.39 is 0 Å². The van der Waals surface area contributed by atoms with Crippen LogP contribution in [0.2, 0.25) is 0 Å². The van der Waals surface area contributed by atoms with Gasteiger partial charge in [-0.1, -0.05) is 24.6 Å². The van der Waals surface area contributed by atoms with Crippen LogP contribution < -0.4 is 0 Å².